The zero-order chi connectivity index (χ0) is 30.0. The number of anilines is 6. The lowest BCUT2D eigenvalue weighted by Crippen LogP contribution is -2.23. The number of aromatic nitrogens is 2. The number of benzene rings is 2. The molecule has 0 aliphatic heterocycles. The van der Waals surface area contributed by atoms with E-state index in [1.165, 1.54) is 25.4 Å². The van der Waals surface area contributed by atoms with Crippen molar-refractivity contribution in [2.45, 2.75) is 37.3 Å². The molecule has 5 N–H and O–H groups in total. The zero-order valence-corrected chi connectivity index (χ0v) is 25.1. The molecule has 0 saturated heterocycles. The Kier molecular flexibility index (Phi) is 11.3. The van der Waals surface area contributed by atoms with E-state index in [2.05, 4.69) is 50.1 Å². The van der Waals surface area contributed by atoms with Gasteiger partial charge in [0, 0.05) is 19.2 Å². The summed E-state index contributed by atoms with van der Waals surface area (Å²) >= 11 is 6.38. The van der Waals surface area contributed by atoms with Gasteiger partial charge in [0.2, 0.25) is 11.9 Å². The number of ether oxygens (including phenoxy) is 1. The quantitative estimate of drug-likeness (QED) is 0.114. The highest BCUT2D eigenvalue weighted by molar-refractivity contribution is 7.92. The van der Waals surface area contributed by atoms with Gasteiger partial charge in [-0.3, -0.25) is 4.79 Å². The third-order valence-electron chi connectivity index (χ3n) is 5.88. The number of sulfone groups is 1. The number of hydrogen-bond donors (Lipinski definition) is 5. The highest BCUT2D eigenvalue weighted by Gasteiger charge is 2.23. The molecule has 0 atom stereocenters. The number of halogens is 1. The number of hydrogen-bond acceptors (Lipinski definition) is 10. The van der Waals surface area contributed by atoms with Crippen LogP contribution in [-0.4, -0.2) is 56.3 Å². The fourth-order valence-corrected chi connectivity index (χ4v) is 5.04. The molecule has 0 aliphatic rings. The number of nitrogens with one attached hydrogen (secondary N) is 5. The first kappa shape index (κ1) is 31.7. The second kappa shape index (κ2) is 14.7. The molecule has 1 aromatic heterocycles. The molecule has 0 unspecified atom stereocenters. The highest BCUT2D eigenvalue weighted by atomic mass is 35.5. The first-order chi connectivity index (χ1) is 19.6. The normalized spacial score (nSPS) is 11.2. The number of nitrogens with zero attached hydrogens (tertiary/aromatic N) is 2. The lowest BCUT2D eigenvalue weighted by Gasteiger charge is -2.18. The van der Waals surface area contributed by atoms with E-state index in [0.29, 0.717) is 35.0 Å². The van der Waals surface area contributed by atoms with Gasteiger partial charge in [0.1, 0.15) is 10.8 Å². The maximum absolute atomic E-state index is 12.9. The fraction of sp³-hybridized carbons (Fsp3) is 0.321. The van der Waals surface area contributed by atoms with E-state index in [-0.39, 0.29) is 27.6 Å². The minimum absolute atomic E-state index is 0.136. The van der Waals surface area contributed by atoms with E-state index in [1.807, 2.05) is 0 Å². The van der Waals surface area contributed by atoms with Gasteiger partial charge in [-0.25, -0.2) is 13.4 Å². The summed E-state index contributed by atoms with van der Waals surface area (Å²) in [4.78, 5) is 21.0. The van der Waals surface area contributed by atoms with Gasteiger partial charge in [-0.2, -0.15) is 4.98 Å². The lowest BCUT2D eigenvalue weighted by molar-refractivity contribution is -0.111. The van der Waals surface area contributed by atoms with Crippen LogP contribution in [-0.2, 0) is 14.6 Å². The van der Waals surface area contributed by atoms with Gasteiger partial charge in [-0.15, -0.1) is 0 Å². The van der Waals surface area contributed by atoms with E-state index in [4.69, 9.17) is 16.3 Å². The van der Waals surface area contributed by atoms with Crippen LogP contribution in [0.15, 0.2) is 60.1 Å². The van der Waals surface area contributed by atoms with E-state index in [1.54, 1.807) is 44.2 Å². The Labute approximate surface area is 246 Å². The standard InChI is InChI=1S/C28H36ClN7O4S/c1-6-12-30-13-14-31-21-16-24(40-5)23(15-22(21)33-26(37)7-2)35-28-32-17-19(29)27(36-28)34-20-10-8-9-11-25(20)41(38,39)18(3)4/h7-11,15-18,30-31H,2,6,12-14H2,1,3-5H3,(H,33,37)(H2,32,34,35,36). The maximum atomic E-state index is 12.9. The molecule has 3 aromatic rings. The number of rotatable bonds is 15. The molecule has 11 nitrogen and oxygen atoms in total. The van der Waals surface area contributed by atoms with Crippen molar-refractivity contribution in [3.63, 3.8) is 0 Å². The summed E-state index contributed by atoms with van der Waals surface area (Å²) in [6, 6.07) is 9.99. The number of methoxy groups -OCH3 is 1. The predicted octanol–water partition coefficient (Wildman–Crippen LogP) is 5.34. The molecule has 0 fully saturated rings. The minimum atomic E-state index is -3.57. The van der Waals surface area contributed by atoms with Gasteiger partial charge in [0.15, 0.2) is 15.7 Å². The first-order valence-corrected chi connectivity index (χ1v) is 15.0. The van der Waals surface area contributed by atoms with Crippen LogP contribution in [0.5, 0.6) is 5.75 Å². The molecule has 41 heavy (non-hydrogen) atoms. The van der Waals surface area contributed by atoms with Crippen molar-refractivity contribution in [1.29, 1.82) is 0 Å². The van der Waals surface area contributed by atoms with Crippen molar-refractivity contribution < 1.29 is 17.9 Å². The number of para-hydroxylation sites is 1. The average molecular weight is 602 g/mol. The number of carbonyl (C=O) groups is 1. The Morgan fingerprint density at radius 3 is 2.51 bits per heavy atom. The Balaban J connectivity index is 1.93. The van der Waals surface area contributed by atoms with Crippen molar-refractivity contribution in [3.05, 3.63) is 60.3 Å². The van der Waals surface area contributed by atoms with Crippen molar-refractivity contribution in [2.75, 3.05) is 48.0 Å². The smallest absolute Gasteiger partial charge is 0.247 e. The second-order valence-corrected chi connectivity index (χ2v) is 12.1. The van der Waals surface area contributed by atoms with E-state index < -0.39 is 15.1 Å². The van der Waals surface area contributed by atoms with E-state index in [0.717, 1.165) is 19.5 Å². The monoisotopic (exact) mass is 601 g/mol. The lowest BCUT2D eigenvalue weighted by atomic mass is 10.2. The first-order valence-electron chi connectivity index (χ1n) is 13.1. The highest BCUT2D eigenvalue weighted by Crippen LogP contribution is 2.37. The number of carbonyl (C=O) groups excluding carboxylic acids is 1. The minimum Gasteiger partial charge on any atom is -0.494 e. The molecular formula is C28H36ClN7O4S. The molecule has 0 saturated carbocycles. The largest absolute Gasteiger partial charge is 0.494 e. The summed E-state index contributed by atoms with van der Waals surface area (Å²) < 4.78 is 31.4. The van der Waals surface area contributed by atoms with Crippen LogP contribution in [0.1, 0.15) is 27.2 Å². The van der Waals surface area contributed by atoms with Gasteiger partial charge in [0.25, 0.3) is 0 Å². The summed E-state index contributed by atoms with van der Waals surface area (Å²) in [5.41, 5.74) is 1.96. The van der Waals surface area contributed by atoms with Crippen LogP contribution in [0.4, 0.5) is 34.5 Å². The van der Waals surface area contributed by atoms with Gasteiger partial charge < -0.3 is 31.3 Å². The van der Waals surface area contributed by atoms with Gasteiger partial charge in [-0.05, 0) is 51.1 Å². The number of amides is 1. The molecule has 0 spiro atoms. The molecule has 3 rings (SSSR count). The summed E-state index contributed by atoms with van der Waals surface area (Å²) in [6.07, 6.45) is 3.61. The molecule has 13 heteroatoms. The van der Waals surface area contributed by atoms with Crippen molar-refractivity contribution >= 4 is 61.9 Å². The molecular weight excluding hydrogens is 566 g/mol. The van der Waals surface area contributed by atoms with Crippen LogP contribution in [0.3, 0.4) is 0 Å². The summed E-state index contributed by atoms with van der Waals surface area (Å²) in [7, 11) is -2.05. The Hall–Kier alpha value is -3.87. The van der Waals surface area contributed by atoms with Crippen LogP contribution in [0.25, 0.3) is 0 Å². The average Bonchev–Trinajstić information content (AvgIpc) is 2.95. The topological polar surface area (TPSA) is 146 Å². The summed E-state index contributed by atoms with van der Waals surface area (Å²) in [5, 5.41) is 15.1. The molecule has 1 amide bonds. The molecule has 2 aromatic carbocycles. The predicted molar refractivity (Wildman–Crippen MR) is 166 cm³/mol. The van der Waals surface area contributed by atoms with Crippen LogP contribution >= 0.6 is 11.6 Å². The van der Waals surface area contributed by atoms with Gasteiger partial charge in [0.05, 0.1) is 46.2 Å². The molecule has 220 valence electrons. The van der Waals surface area contributed by atoms with Crippen molar-refractivity contribution in [3.8, 4) is 5.75 Å². The zero-order valence-electron chi connectivity index (χ0n) is 23.5. The third-order valence-corrected chi connectivity index (χ3v) is 8.37. The van der Waals surface area contributed by atoms with E-state index >= 15 is 0 Å². The molecule has 0 bridgehead atoms. The van der Waals surface area contributed by atoms with Crippen LogP contribution < -0.4 is 31.3 Å². The maximum Gasteiger partial charge on any atom is 0.247 e. The van der Waals surface area contributed by atoms with Crippen LogP contribution in [0.2, 0.25) is 5.02 Å². The Morgan fingerprint density at radius 1 is 1.07 bits per heavy atom. The van der Waals surface area contributed by atoms with E-state index in [9.17, 15) is 13.2 Å². The van der Waals surface area contributed by atoms with Crippen LogP contribution in [0, 0.1) is 0 Å². The fourth-order valence-electron chi connectivity index (χ4n) is 3.70. The SMILES string of the molecule is C=CC(=O)Nc1cc(Nc2ncc(Cl)c(Nc3ccccc3S(=O)(=O)C(C)C)n2)c(OC)cc1NCCNCCC. The third kappa shape index (κ3) is 8.32. The Bertz CT molecular complexity index is 1480. The molecule has 0 radical (unpaired) electrons. The summed E-state index contributed by atoms with van der Waals surface area (Å²) in [6.45, 7) is 11.1. The summed E-state index contributed by atoms with van der Waals surface area (Å²) in [5.74, 6) is 0.446. The van der Waals surface area contributed by atoms with Crippen molar-refractivity contribution in [2.24, 2.45) is 0 Å². The molecule has 0 aliphatic carbocycles. The molecule has 1 heterocycles. The Morgan fingerprint density at radius 2 is 1.83 bits per heavy atom. The van der Waals surface area contributed by atoms with Gasteiger partial charge in [-0.1, -0.05) is 37.2 Å². The second-order valence-electron chi connectivity index (χ2n) is 9.20. The van der Waals surface area contributed by atoms with Gasteiger partial charge >= 0.3 is 0 Å². The van der Waals surface area contributed by atoms with Crippen molar-refractivity contribution in [1.82, 2.24) is 15.3 Å².